The molecule has 6 heteroatoms. The lowest BCUT2D eigenvalue weighted by atomic mass is 9.91. The van der Waals surface area contributed by atoms with Crippen molar-refractivity contribution in [1.29, 1.82) is 0 Å². The Balaban J connectivity index is 1.63. The average molecular weight is 425 g/mol. The van der Waals surface area contributed by atoms with Crippen LogP contribution in [0.2, 0.25) is 0 Å². The molecule has 2 aromatic rings. The Hall–Kier alpha value is -2.73. The third-order valence-electron chi connectivity index (χ3n) is 7.11. The Morgan fingerprint density at radius 1 is 1.23 bits per heavy atom. The number of halogens is 1. The van der Waals surface area contributed by atoms with Gasteiger partial charge in [-0.1, -0.05) is 12.5 Å². The number of nitrogens with zero attached hydrogens (tertiary/aromatic N) is 1. The largest absolute Gasteiger partial charge is 0.396 e. The Morgan fingerprint density at radius 2 is 2.00 bits per heavy atom. The number of carbonyl (C=O) groups is 2. The van der Waals surface area contributed by atoms with Crippen LogP contribution in [0.25, 0.3) is 0 Å². The number of benzene rings is 2. The van der Waals surface area contributed by atoms with E-state index in [1.807, 2.05) is 24.8 Å². The van der Waals surface area contributed by atoms with Crippen LogP contribution in [0.5, 0.6) is 0 Å². The topological polar surface area (TPSA) is 69.6 Å². The fraction of sp³-hybridized carbons (Fsp3) is 0.440. The van der Waals surface area contributed by atoms with Crippen LogP contribution in [0.3, 0.4) is 0 Å². The summed E-state index contributed by atoms with van der Waals surface area (Å²) in [7, 11) is 1.47. The molecule has 0 spiro atoms. The van der Waals surface area contributed by atoms with Gasteiger partial charge in [-0.15, -0.1) is 0 Å². The van der Waals surface area contributed by atoms with Gasteiger partial charge < -0.3 is 15.3 Å². The molecular formula is C25H29FN2O3. The number of aliphatic hydroxyl groups excluding tert-OH is 1. The Kier molecular flexibility index (Phi) is 5.84. The molecule has 2 aliphatic rings. The van der Waals surface area contributed by atoms with Crippen molar-refractivity contribution in [3.8, 4) is 0 Å². The van der Waals surface area contributed by atoms with Gasteiger partial charge in [-0.2, -0.15) is 0 Å². The van der Waals surface area contributed by atoms with Crippen molar-refractivity contribution >= 4 is 11.8 Å². The highest BCUT2D eigenvalue weighted by Gasteiger charge is 2.39. The van der Waals surface area contributed by atoms with Gasteiger partial charge in [0.15, 0.2) is 0 Å². The standard InChI is InChI=1S/C25H29FN2O3/c1-14-15(2)21-12-28(23-6-4-5-17(23)13-29)25(31)20(21)11-18(14)9-16-7-8-19(22(26)10-16)24(30)27-3/h7-8,10-11,17,23,29H,4-6,9,12-13H2,1-3H3,(H,27,30)/t17-,23+/m1/s1. The van der Waals surface area contributed by atoms with Crippen molar-refractivity contribution in [3.05, 3.63) is 69.0 Å². The smallest absolute Gasteiger partial charge is 0.254 e. The second-order valence-corrected chi connectivity index (χ2v) is 8.76. The minimum absolute atomic E-state index is 0.0222. The SMILES string of the molecule is CNC(=O)c1ccc(Cc2cc3c(c(C)c2C)CN([C@H]2CCC[C@@H]2CO)C3=O)cc1F. The van der Waals surface area contributed by atoms with E-state index in [1.54, 1.807) is 6.07 Å². The van der Waals surface area contributed by atoms with E-state index < -0.39 is 11.7 Å². The van der Waals surface area contributed by atoms with E-state index in [2.05, 4.69) is 5.32 Å². The molecule has 1 aliphatic heterocycles. The summed E-state index contributed by atoms with van der Waals surface area (Å²) in [5, 5.41) is 12.1. The molecule has 164 valence electrons. The zero-order chi connectivity index (χ0) is 22.3. The third-order valence-corrected chi connectivity index (χ3v) is 7.11. The minimum Gasteiger partial charge on any atom is -0.396 e. The number of rotatable bonds is 5. The average Bonchev–Trinajstić information content (AvgIpc) is 3.35. The van der Waals surface area contributed by atoms with Gasteiger partial charge in [0.05, 0.1) is 5.56 Å². The van der Waals surface area contributed by atoms with Gasteiger partial charge in [0.25, 0.3) is 11.8 Å². The summed E-state index contributed by atoms with van der Waals surface area (Å²) in [5.74, 6) is -0.815. The fourth-order valence-electron chi connectivity index (χ4n) is 5.13. The van der Waals surface area contributed by atoms with E-state index in [0.29, 0.717) is 13.0 Å². The number of aliphatic hydroxyl groups is 1. The molecule has 5 nitrogen and oxygen atoms in total. The molecule has 0 unspecified atom stereocenters. The fourth-order valence-corrected chi connectivity index (χ4v) is 5.13. The van der Waals surface area contributed by atoms with E-state index in [9.17, 15) is 19.1 Å². The van der Waals surface area contributed by atoms with Gasteiger partial charge in [0.1, 0.15) is 5.82 Å². The summed E-state index contributed by atoms with van der Waals surface area (Å²) in [6.45, 7) is 4.80. The van der Waals surface area contributed by atoms with E-state index in [0.717, 1.165) is 52.6 Å². The lowest BCUT2D eigenvalue weighted by Crippen LogP contribution is -2.39. The lowest BCUT2D eigenvalue weighted by Gasteiger charge is -2.28. The molecule has 1 aliphatic carbocycles. The monoisotopic (exact) mass is 424 g/mol. The van der Waals surface area contributed by atoms with Gasteiger partial charge in [0, 0.05) is 37.7 Å². The van der Waals surface area contributed by atoms with E-state index in [4.69, 9.17) is 0 Å². The van der Waals surface area contributed by atoms with Gasteiger partial charge in [-0.05, 0) is 79.1 Å². The summed E-state index contributed by atoms with van der Waals surface area (Å²) in [6, 6.07) is 6.70. The summed E-state index contributed by atoms with van der Waals surface area (Å²) in [6.07, 6.45) is 3.42. The second-order valence-electron chi connectivity index (χ2n) is 8.76. The predicted molar refractivity (Wildman–Crippen MR) is 117 cm³/mol. The number of hydrogen-bond acceptors (Lipinski definition) is 3. The molecule has 1 saturated carbocycles. The highest BCUT2D eigenvalue weighted by Crippen LogP contribution is 2.38. The highest BCUT2D eigenvalue weighted by molar-refractivity contribution is 5.99. The van der Waals surface area contributed by atoms with Crippen molar-refractivity contribution in [3.63, 3.8) is 0 Å². The third kappa shape index (κ3) is 3.74. The predicted octanol–water partition coefficient (Wildman–Crippen LogP) is 3.51. The van der Waals surface area contributed by atoms with Gasteiger partial charge in [-0.3, -0.25) is 9.59 Å². The number of carbonyl (C=O) groups excluding carboxylic acids is 2. The molecule has 2 amide bonds. The maximum absolute atomic E-state index is 14.4. The quantitative estimate of drug-likeness (QED) is 0.772. The molecule has 0 radical (unpaired) electrons. The first-order valence-corrected chi connectivity index (χ1v) is 10.9. The lowest BCUT2D eigenvalue weighted by molar-refractivity contribution is 0.0612. The van der Waals surface area contributed by atoms with E-state index >= 15 is 0 Å². The molecule has 1 heterocycles. The summed E-state index contributed by atoms with van der Waals surface area (Å²) >= 11 is 0. The molecule has 4 rings (SSSR count). The molecule has 0 aromatic heterocycles. The number of hydrogen-bond donors (Lipinski definition) is 2. The zero-order valence-corrected chi connectivity index (χ0v) is 18.3. The molecule has 0 bridgehead atoms. The first-order valence-electron chi connectivity index (χ1n) is 10.9. The van der Waals surface area contributed by atoms with Crippen molar-refractivity contribution in [2.24, 2.45) is 5.92 Å². The van der Waals surface area contributed by atoms with Crippen LogP contribution in [0.15, 0.2) is 24.3 Å². The molecule has 31 heavy (non-hydrogen) atoms. The Labute approximate surface area is 182 Å². The summed E-state index contributed by atoms with van der Waals surface area (Å²) in [5.41, 5.74) is 5.77. The molecule has 2 aromatic carbocycles. The van der Waals surface area contributed by atoms with Crippen LogP contribution < -0.4 is 5.32 Å². The van der Waals surface area contributed by atoms with Crippen molar-refractivity contribution in [1.82, 2.24) is 10.2 Å². The Bertz CT molecular complexity index is 1050. The zero-order valence-electron chi connectivity index (χ0n) is 18.3. The minimum atomic E-state index is -0.550. The molecule has 2 N–H and O–H groups in total. The molecule has 0 saturated heterocycles. The van der Waals surface area contributed by atoms with Crippen LogP contribution in [0, 0.1) is 25.6 Å². The normalized spacial score (nSPS) is 20.3. The second kappa shape index (κ2) is 8.42. The Morgan fingerprint density at radius 3 is 2.68 bits per heavy atom. The van der Waals surface area contributed by atoms with E-state index in [1.165, 1.54) is 19.2 Å². The van der Waals surface area contributed by atoms with Crippen LogP contribution in [-0.4, -0.2) is 41.5 Å². The van der Waals surface area contributed by atoms with Crippen molar-refractivity contribution < 1.29 is 19.1 Å². The number of amides is 2. The van der Waals surface area contributed by atoms with Crippen LogP contribution in [0.4, 0.5) is 4.39 Å². The van der Waals surface area contributed by atoms with Gasteiger partial charge >= 0.3 is 0 Å². The maximum Gasteiger partial charge on any atom is 0.254 e. The maximum atomic E-state index is 14.4. The molecule has 1 fully saturated rings. The highest BCUT2D eigenvalue weighted by atomic mass is 19.1. The summed E-state index contributed by atoms with van der Waals surface area (Å²) in [4.78, 5) is 26.9. The van der Waals surface area contributed by atoms with Gasteiger partial charge in [0.2, 0.25) is 0 Å². The molecular weight excluding hydrogens is 395 g/mol. The number of nitrogens with one attached hydrogen (secondary N) is 1. The number of fused-ring (bicyclic) bond motifs is 1. The summed E-state index contributed by atoms with van der Waals surface area (Å²) < 4.78 is 14.4. The van der Waals surface area contributed by atoms with Gasteiger partial charge in [-0.25, -0.2) is 4.39 Å². The van der Waals surface area contributed by atoms with Crippen molar-refractivity contribution in [2.75, 3.05) is 13.7 Å². The van der Waals surface area contributed by atoms with E-state index in [-0.39, 0.29) is 30.0 Å². The van der Waals surface area contributed by atoms with Crippen LogP contribution in [0.1, 0.15) is 67.8 Å². The first-order chi connectivity index (χ1) is 14.8. The van der Waals surface area contributed by atoms with Crippen LogP contribution in [-0.2, 0) is 13.0 Å². The first kappa shape index (κ1) is 21.5. The van der Waals surface area contributed by atoms with Crippen LogP contribution >= 0.6 is 0 Å². The van der Waals surface area contributed by atoms with Crippen molar-refractivity contribution in [2.45, 2.75) is 52.1 Å². The molecule has 2 atom stereocenters.